The van der Waals surface area contributed by atoms with Crippen molar-refractivity contribution in [2.24, 2.45) is 0 Å². The van der Waals surface area contributed by atoms with Crippen LogP contribution in [-0.4, -0.2) is 57.2 Å². The van der Waals surface area contributed by atoms with Crippen molar-refractivity contribution in [3.63, 3.8) is 0 Å². The Balaban J connectivity index is 0.00000312. The van der Waals surface area contributed by atoms with E-state index in [0.29, 0.717) is 18.7 Å². The number of ketones is 1. The van der Waals surface area contributed by atoms with Crippen molar-refractivity contribution in [1.29, 1.82) is 0 Å². The number of carbonyl (C=O) groups excluding carboxylic acids is 2. The average Bonchev–Trinajstić information content (AvgIpc) is 2.54. The van der Waals surface area contributed by atoms with Gasteiger partial charge in [-0.3, -0.25) is 9.59 Å². The van der Waals surface area contributed by atoms with Crippen LogP contribution >= 0.6 is 12.4 Å². The molecule has 1 atom stereocenters. The van der Waals surface area contributed by atoms with E-state index in [1.165, 1.54) is 25.1 Å². The molecule has 0 unspecified atom stereocenters. The molecule has 9 heteroatoms. The van der Waals surface area contributed by atoms with Gasteiger partial charge in [0.25, 0.3) is 0 Å². The molecule has 1 aromatic rings. The van der Waals surface area contributed by atoms with E-state index < -0.39 is 10.0 Å². The largest absolute Gasteiger partial charge is 0.340 e. The van der Waals surface area contributed by atoms with Crippen LogP contribution in [-0.2, 0) is 14.8 Å². The predicted octanol–water partition coefficient (Wildman–Crippen LogP) is 0.800. The van der Waals surface area contributed by atoms with E-state index in [1.54, 1.807) is 11.0 Å². The fraction of sp³-hybridized carbons (Fsp3) is 0.500. The van der Waals surface area contributed by atoms with Crippen LogP contribution in [0, 0.1) is 0 Å². The number of piperazine rings is 1. The summed E-state index contributed by atoms with van der Waals surface area (Å²) in [7, 11) is -3.74. The van der Waals surface area contributed by atoms with Crippen molar-refractivity contribution in [1.82, 2.24) is 14.9 Å². The second-order valence-corrected chi connectivity index (χ2v) is 7.69. The minimum atomic E-state index is -3.74. The highest BCUT2D eigenvalue weighted by atomic mass is 35.5. The molecule has 1 aliphatic rings. The minimum absolute atomic E-state index is 0. The van der Waals surface area contributed by atoms with Crippen molar-refractivity contribution in [2.75, 3.05) is 26.2 Å². The lowest BCUT2D eigenvalue weighted by Gasteiger charge is -2.32. The van der Waals surface area contributed by atoms with E-state index in [0.717, 1.165) is 6.54 Å². The number of nitrogens with zero attached hydrogens (tertiary/aromatic N) is 1. The van der Waals surface area contributed by atoms with E-state index in [9.17, 15) is 18.0 Å². The van der Waals surface area contributed by atoms with Crippen LogP contribution in [0.15, 0.2) is 29.2 Å². The van der Waals surface area contributed by atoms with Gasteiger partial charge in [-0.25, -0.2) is 13.1 Å². The maximum absolute atomic E-state index is 12.3. The lowest BCUT2D eigenvalue weighted by atomic mass is 10.2. The van der Waals surface area contributed by atoms with Crippen molar-refractivity contribution in [3.8, 4) is 0 Å². The van der Waals surface area contributed by atoms with Crippen LogP contribution < -0.4 is 10.0 Å². The first-order chi connectivity index (χ1) is 11.3. The third-order valence-corrected chi connectivity index (χ3v) is 5.36. The zero-order valence-electron chi connectivity index (χ0n) is 14.3. The Morgan fingerprint density at radius 2 is 2.08 bits per heavy atom. The van der Waals surface area contributed by atoms with Gasteiger partial charge >= 0.3 is 0 Å². The van der Waals surface area contributed by atoms with Gasteiger partial charge in [-0.05, 0) is 26.0 Å². The maximum atomic E-state index is 12.3. The summed E-state index contributed by atoms with van der Waals surface area (Å²) in [5, 5.41) is 3.25. The van der Waals surface area contributed by atoms with Crippen LogP contribution in [0.3, 0.4) is 0 Å². The lowest BCUT2D eigenvalue weighted by Crippen LogP contribution is -2.51. The molecule has 2 rings (SSSR count). The zero-order valence-corrected chi connectivity index (χ0v) is 16.0. The van der Waals surface area contributed by atoms with Crippen LogP contribution in [0.25, 0.3) is 0 Å². The van der Waals surface area contributed by atoms with Gasteiger partial charge in [-0.15, -0.1) is 12.4 Å². The number of rotatable bonds is 6. The number of carbonyl (C=O) groups is 2. The molecule has 1 aliphatic heterocycles. The summed E-state index contributed by atoms with van der Waals surface area (Å²) in [6.45, 7) is 5.43. The molecular weight excluding hydrogens is 366 g/mol. The van der Waals surface area contributed by atoms with Gasteiger partial charge < -0.3 is 10.2 Å². The van der Waals surface area contributed by atoms with E-state index in [1.807, 2.05) is 6.92 Å². The number of halogens is 1. The minimum Gasteiger partial charge on any atom is -0.340 e. The number of benzene rings is 1. The number of sulfonamides is 1. The van der Waals surface area contributed by atoms with E-state index in [-0.39, 0.29) is 48.0 Å². The molecule has 1 amide bonds. The zero-order chi connectivity index (χ0) is 17.7. The molecule has 140 valence electrons. The Hall–Kier alpha value is -1.48. The molecular formula is C16H24ClN3O4S. The molecule has 1 heterocycles. The number of hydrogen-bond donors (Lipinski definition) is 2. The van der Waals surface area contributed by atoms with Gasteiger partial charge in [-0.1, -0.05) is 12.1 Å². The molecule has 2 N–H and O–H groups in total. The number of amides is 1. The Morgan fingerprint density at radius 1 is 1.36 bits per heavy atom. The van der Waals surface area contributed by atoms with Crippen molar-refractivity contribution in [3.05, 3.63) is 29.8 Å². The van der Waals surface area contributed by atoms with Crippen LogP contribution in [0.4, 0.5) is 0 Å². The summed E-state index contributed by atoms with van der Waals surface area (Å²) in [5.74, 6) is -0.265. The van der Waals surface area contributed by atoms with Crippen LogP contribution in [0.5, 0.6) is 0 Å². The first-order valence-corrected chi connectivity index (χ1v) is 9.40. The maximum Gasteiger partial charge on any atom is 0.240 e. The average molecular weight is 390 g/mol. The van der Waals surface area contributed by atoms with E-state index >= 15 is 0 Å². The molecule has 0 aromatic heterocycles. The smallest absolute Gasteiger partial charge is 0.240 e. The third kappa shape index (κ3) is 6.07. The number of hydrogen-bond acceptors (Lipinski definition) is 5. The van der Waals surface area contributed by atoms with Gasteiger partial charge in [0.05, 0.1) is 4.90 Å². The molecule has 0 aliphatic carbocycles. The Morgan fingerprint density at radius 3 is 2.72 bits per heavy atom. The summed E-state index contributed by atoms with van der Waals surface area (Å²) < 4.78 is 26.9. The summed E-state index contributed by atoms with van der Waals surface area (Å²) in [6.07, 6.45) is 0.109. The van der Waals surface area contributed by atoms with Crippen LogP contribution in [0.1, 0.15) is 30.6 Å². The SMILES string of the molecule is CC(=O)c1cccc(S(=O)(=O)NCCC(=O)N2CCN[C@H](C)C2)c1.Cl. The number of Topliss-reactive ketones (excluding diaryl/α,β-unsaturated/α-hetero) is 1. The van der Waals surface area contributed by atoms with Crippen molar-refractivity contribution < 1.29 is 18.0 Å². The normalized spacial score (nSPS) is 17.7. The Labute approximate surface area is 154 Å². The Bertz CT molecular complexity index is 724. The van der Waals surface area contributed by atoms with Crippen molar-refractivity contribution in [2.45, 2.75) is 31.2 Å². The van der Waals surface area contributed by atoms with Gasteiger partial charge in [0.15, 0.2) is 5.78 Å². The van der Waals surface area contributed by atoms with Crippen LogP contribution in [0.2, 0.25) is 0 Å². The highest BCUT2D eigenvalue weighted by molar-refractivity contribution is 7.89. The van der Waals surface area contributed by atoms with Gasteiger partial charge in [-0.2, -0.15) is 0 Å². The third-order valence-electron chi connectivity index (χ3n) is 3.90. The summed E-state index contributed by atoms with van der Waals surface area (Å²) in [4.78, 5) is 25.3. The monoisotopic (exact) mass is 389 g/mol. The molecule has 25 heavy (non-hydrogen) atoms. The predicted molar refractivity (Wildman–Crippen MR) is 97.5 cm³/mol. The lowest BCUT2D eigenvalue weighted by molar-refractivity contribution is -0.132. The van der Waals surface area contributed by atoms with Crippen molar-refractivity contribution >= 4 is 34.1 Å². The second kappa shape index (κ2) is 9.28. The molecule has 0 saturated carbocycles. The molecule has 0 radical (unpaired) electrons. The summed E-state index contributed by atoms with van der Waals surface area (Å²) >= 11 is 0. The summed E-state index contributed by atoms with van der Waals surface area (Å²) in [5.41, 5.74) is 0.337. The van der Waals surface area contributed by atoms with Gasteiger partial charge in [0, 0.05) is 44.2 Å². The fourth-order valence-corrected chi connectivity index (χ4v) is 3.65. The van der Waals surface area contributed by atoms with Gasteiger partial charge in [0.2, 0.25) is 15.9 Å². The molecule has 1 aromatic carbocycles. The molecule has 1 fully saturated rings. The molecule has 1 saturated heterocycles. The highest BCUT2D eigenvalue weighted by Crippen LogP contribution is 2.12. The molecule has 0 bridgehead atoms. The molecule has 0 spiro atoms. The fourth-order valence-electron chi connectivity index (χ4n) is 2.57. The van der Waals surface area contributed by atoms with E-state index in [4.69, 9.17) is 0 Å². The topological polar surface area (TPSA) is 95.6 Å². The quantitative estimate of drug-likeness (QED) is 0.701. The standard InChI is InChI=1S/C16H23N3O4S.ClH/c1-12-11-19(9-8-17-12)16(21)6-7-18-24(22,23)15-5-3-4-14(10-15)13(2)20;/h3-5,10,12,17-18H,6-9,11H2,1-2H3;1H/t12-;/m1./s1. The summed E-state index contributed by atoms with van der Waals surface area (Å²) in [6, 6.07) is 6.10. The molecule has 7 nitrogen and oxygen atoms in total. The first-order valence-electron chi connectivity index (χ1n) is 7.91. The van der Waals surface area contributed by atoms with Gasteiger partial charge in [0.1, 0.15) is 0 Å². The second-order valence-electron chi connectivity index (χ2n) is 5.93. The Kier molecular flexibility index (Phi) is 8.01. The highest BCUT2D eigenvalue weighted by Gasteiger charge is 2.21. The first kappa shape index (κ1) is 21.6. The number of nitrogens with one attached hydrogen (secondary N) is 2. The van der Waals surface area contributed by atoms with E-state index in [2.05, 4.69) is 10.0 Å².